The monoisotopic (exact) mass is 301 g/mol. The smallest absolute Gasteiger partial charge is 0.220 e. The van der Waals surface area contributed by atoms with Gasteiger partial charge in [-0.25, -0.2) is 4.39 Å². The molecule has 0 unspecified atom stereocenters. The van der Waals surface area contributed by atoms with Crippen LogP contribution in [0.25, 0.3) is 0 Å². The van der Waals surface area contributed by atoms with Crippen LogP contribution in [-0.2, 0) is 4.79 Å². The molecule has 0 spiro atoms. The molecular formula is C13H17BrFNO. The van der Waals surface area contributed by atoms with Crippen LogP contribution in [0.3, 0.4) is 0 Å². The van der Waals surface area contributed by atoms with E-state index in [4.69, 9.17) is 0 Å². The van der Waals surface area contributed by atoms with Crippen molar-refractivity contribution in [1.29, 1.82) is 0 Å². The maximum Gasteiger partial charge on any atom is 0.220 e. The topological polar surface area (TPSA) is 29.1 Å². The van der Waals surface area contributed by atoms with Gasteiger partial charge in [-0.3, -0.25) is 4.79 Å². The van der Waals surface area contributed by atoms with Gasteiger partial charge in [0.1, 0.15) is 5.82 Å². The van der Waals surface area contributed by atoms with Crippen molar-refractivity contribution in [3.8, 4) is 0 Å². The molecule has 0 aliphatic rings. The van der Waals surface area contributed by atoms with E-state index in [1.165, 1.54) is 12.1 Å². The van der Waals surface area contributed by atoms with Gasteiger partial charge in [-0.2, -0.15) is 0 Å². The van der Waals surface area contributed by atoms with Gasteiger partial charge >= 0.3 is 0 Å². The molecule has 0 fully saturated rings. The lowest BCUT2D eigenvalue weighted by molar-refractivity contribution is -0.121. The average Bonchev–Trinajstić information content (AvgIpc) is 2.30. The predicted molar refractivity (Wildman–Crippen MR) is 70.6 cm³/mol. The van der Waals surface area contributed by atoms with E-state index in [0.717, 1.165) is 23.7 Å². The molecule has 1 atom stereocenters. The first-order chi connectivity index (χ1) is 8.13. The zero-order valence-corrected chi connectivity index (χ0v) is 11.5. The van der Waals surface area contributed by atoms with Crippen LogP contribution >= 0.6 is 15.9 Å². The summed E-state index contributed by atoms with van der Waals surface area (Å²) in [6, 6.07) is 6.12. The van der Waals surface area contributed by atoms with E-state index in [-0.39, 0.29) is 17.8 Å². The fourth-order valence-corrected chi connectivity index (χ4v) is 1.92. The van der Waals surface area contributed by atoms with Crippen LogP contribution in [0.5, 0.6) is 0 Å². The minimum absolute atomic E-state index is 0.0442. The highest BCUT2D eigenvalue weighted by Gasteiger charge is 2.08. The van der Waals surface area contributed by atoms with Crippen LogP contribution in [0.2, 0.25) is 0 Å². The Kier molecular flexibility index (Phi) is 6.19. The summed E-state index contributed by atoms with van der Waals surface area (Å²) < 4.78 is 12.7. The Balaban J connectivity index is 2.40. The number of amides is 1. The first-order valence-electron chi connectivity index (χ1n) is 5.74. The number of hydrogen-bond donors (Lipinski definition) is 1. The number of alkyl halides is 1. The molecule has 0 heterocycles. The molecule has 1 aromatic carbocycles. The van der Waals surface area contributed by atoms with Crippen molar-refractivity contribution in [3.05, 3.63) is 35.6 Å². The van der Waals surface area contributed by atoms with Gasteiger partial charge in [-0.15, -0.1) is 0 Å². The van der Waals surface area contributed by atoms with Crippen molar-refractivity contribution in [2.45, 2.75) is 32.2 Å². The lowest BCUT2D eigenvalue weighted by Gasteiger charge is -2.14. The van der Waals surface area contributed by atoms with Gasteiger partial charge in [0.25, 0.3) is 0 Å². The lowest BCUT2D eigenvalue weighted by atomic mass is 10.1. The molecule has 0 bridgehead atoms. The summed E-state index contributed by atoms with van der Waals surface area (Å²) in [6.45, 7) is 1.90. The van der Waals surface area contributed by atoms with Gasteiger partial charge in [-0.05, 0) is 37.5 Å². The Morgan fingerprint density at radius 1 is 1.35 bits per heavy atom. The van der Waals surface area contributed by atoms with E-state index in [0.29, 0.717) is 6.42 Å². The van der Waals surface area contributed by atoms with Gasteiger partial charge < -0.3 is 5.32 Å². The lowest BCUT2D eigenvalue weighted by Crippen LogP contribution is -2.26. The molecule has 2 nitrogen and oxygen atoms in total. The number of unbranched alkanes of at least 4 members (excludes halogenated alkanes) is 1. The standard InChI is InChI=1S/C13H17BrFNO/c1-10(11-5-7-12(15)8-6-11)16-13(17)4-2-3-9-14/h5-8,10H,2-4,9H2,1H3,(H,16,17)/t10-/m1/s1. The van der Waals surface area contributed by atoms with Crippen molar-refractivity contribution in [2.75, 3.05) is 5.33 Å². The summed E-state index contributed by atoms with van der Waals surface area (Å²) in [5.74, 6) is -0.215. The minimum atomic E-state index is -0.260. The molecule has 0 radical (unpaired) electrons. The largest absolute Gasteiger partial charge is 0.350 e. The molecule has 94 valence electrons. The van der Waals surface area contributed by atoms with E-state index in [1.54, 1.807) is 12.1 Å². The maximum absolute atomic E-state index is 12.7. The zero-order valence-electron chi connectivity index (χ0n) is 9.88. The molecule has 1 N–H and O–H groups in total. The van der Waals surface area contributed by atoms with E-state index >= 15 is 0 Å². The normalized spacial score (nSPS) is 12.2. The van der Waals surface area contributed by atoms with Crippen LogP contribution in [-0.4, -0.2) is 11.2 Å². The van der Waals surface area contributed by atoms with Crippen molar-refractivity contribution in [1.82, 2.24) is 5.32 Å². The fraction of sp³-hybridized carbons (Fsp3) is 0.462. The third kappa shape index (κ3) is 5.31. The molecule has 0 aliphatic carbocycles. The second kappa shape index (κ2) is 7.43. The first-order valence-corrected chi connectivity index (χ1v) is 6.86. The zero-order chi connectivity index (χ0) is 12.7. The molecule has 17 heavy (non-hydrogen) atoms. The second-order valence-electron chi connectivity index (χ2n) is 3.99. The Morgan fingerprint density at radius 2 is 2.00 bits per heavy atom. The van der Waals surface area contributed by atoms with Gasteiger partial charge in [0.15, 0.2) is 0 Å². The van der Waals surface area contributed by atoms with Crippen LogP contribution < -0.4 is 5.32 Å². The fourth-order valence-electron chi connectivity index (χ4n) is 1.53. The Bertz CT molecular complexity index is 353. The number of nitrogens with one attached hydrogen (secondary N) is 1. The van der Waals surface area contributed by atoms with Crippen LogP contribution in [0.15, 0.2) is 24.3 Å². The Hall–Kier alpha value is -0.900. The highest BCUT2D eigenvalue weighted by atomic mass is 79.9. The number of carbonyl (C=O) groups excluding carboxylic acids is 1. The maximum atomic E-state index is 12.7. The van der Waals surface area contributed by atoms with E-state index in [9.17, 15) is 9.18 Å². The summed E-state index contributed by atoms with van der Waals surface area (Å²) in [7, 11) is 0. The van der Waals surface area contributed by atoms with E-state index < -0.39 is 0 Å². The third-order valence-electron chi connectivity index (χ3n) is 2.53. The molecule has 1 aromatic rings. The summed E-state index contributed by atoms with van der Waals surface area (Å²) in [5, 5.41) is 3.82. The summed E-state index contributed by atoms with van der Waals surface area (Å²) >= 11 is 3.33. The van der Waals surface area contributed by atoms with Crippen molar-refractivity contribution in [3.63, 3.8) is 0 Å². The van der Waals surface area contributed by atoms with Crippen molar-refractivity contribution < 1.29 is 9.18 Å². The SMILES string of the molecule is C[C@@H](NC(=O)CCCCBr)c1ccc(F)cc1. The quantitative estimate of drug-likeness (QED) is 0.632. The number of benzene rings is 1. The summed E-state index contributed by atoms with van der Waals surface area (Å²) in [6.07, 6.45) is 2.42. The van der Waals surface area contributed by atoms with Crippen LogP contribution in [0.4, 0.5) is 4.39 Å². The van der Waals surface area contributed by atoms with Gasteiger partial charge in [0.05, 0.1) is 6.04 Å². The van der Waals surface area contributed by atoms with Gasteiger partial charge in [0, 0.05) is 11.8 Å². The van der Waals surface area contributed by atoms with E-state index in [2.05, 4.69) is 21.2 Å². The summed E-state index contributed by atoms with van der Waals surface area (Å²) in [4.78, 5) is 11.6. The third-order valence-corrected chi connectivity index (χ3v) is 3.10. The van der Waals surface area contributed by atoms with E-state index in [1.807, 2.05) is 6.92 Å². The molecule has 0 saturated carbocycles. The van der Waals surface area contributed by atoms with Gasteiger partial charge in [0.2, 0.25) is 5.91 Å². The molecule has 1 amide bonds. The number of carbonyl (C=O) groups is 1. The number of halogens is 2. The number of rotatable bonds is 6. The average molecular weight is 302 g/mol. The Labute approximate surface area is 110 Å². The predicted octanol–water partition coefficient (Wildman–Crippen LogP) is 3.57. The highest BCUT2D eigenvalue weighted by Crippen LogP contribution is 2.13. The van der Waals surface area contributed by atoms with Crippen LogP contribution in [0, 0.1) is 5.82 Å². The molecule has 1 rings (SSSR count). The minimum Gasteiger partial charge on any atom is -0.350 e. The second-order valence-corrected chi connectivity index (χ2v) is 4.78. The molecule has 0 saturated heterocycles. The highest BCUT2D eigenvalue weighted by molar-refractivity contribution is 9.09. The van der Waals surface area contributed by atoms with Crippen LogP contribution in [0.1, 0.15) is 37.8 Å². The number of hydrogen-bond acceptors (Lipinski definition) is 1. The van der Waals surface area contributed by atoms with Crippen molar-refractivity contribution >= 4 is 21.8 Å². The Morgan fingerprint density at radius 3 is 2.59 bits per heavy atom. The van der Waals surface area contributed by atoms with Crippen molar-refractivity contribution in [2.24, 2.45) is 0 Å². The first kappa shape index (κ1) is 14.2. The molecule has 4 heteroatoms. The summed E-state index contributed by atoms with van der Waals surface area (Å²) in [5.41, 5.74) is 0.917. The molecule has 0 aliphatic heterocycles. The molecular weight excluding hydrogens is 285 g/mol. The molecule has 0 aromatic heterocycles. The van der Waals surface area contributed by atoms with Gasteiger partial charge in [-0.1, -0.05) is 28.1 Å².